The summed E-state index contributed by atoms with van der Waals surface area (Å²) in [7, 11) is 0. The molecule has 6 heteroatoms. The second-order valence-corrected chi connectivity index (χ2v) is 5.19. The number of carbonyl (C=O) groups is 1. The van der Waals surface area contributed by atoms with E-state index < -0.39 is 0 Å². The van der Waals surface area contributed by atoms with Gasteiger partial charge in [0.1, 0.15) is 0 Å². The molecule has 0 aliphatic carbocycles. The van der Waals surface area contributed by atoms with Crippen LogP contribution in [0.25, 0.3) is 11.1 Å². The van der Waals surface area contributed by atoms with E-state index in [1.807, 2.05) is 11.8 Å². The summed E-state index contributed by atoms with van der Waals surface area (Å²) in [5.74, 6) is -0.386. The molecule has 0 bridgehead atoms. The average Bonchev–Trinajstić information content (AvgIpc) is 2.68. The predicted molar refractivity (Wildman–Crippen MR) is 79.5 cm³/mol. The lowest BCUT2D eigenvalue weighted by Crippen LogP contribution is -2.34. The molecule has 3 rings (SSSR count). The van der Waals surface area contributed by atoms with E-state index in [2.05, 4.69) is 5.32 Å². The summed E-state index contributed by atoms with van der Waals surface area (Å²) < 4.78 is 6.77. The molecule has 1 aromatic carbocycles. The van der Waals surface area contributed by atoms with Crippen LogP contribution in [0.2, 0.25) is 0 Å². The zero-order valence-corrected chi connectivity index (χ0v) is 12.1. The second-order valence-electron chi connectivity index (χ2n) is 5.19. The molecule has 112 valence electrons. The topological polar surface area (TPSA) is 67.5 Å². The van der Waals surface area contributed by atoms with E-state index in [9.17, 15) is 9.59 Å². The Labute approximate surface area is 122 Å². The fourth-order valence-corrected chi connectivity index (χ4v) is 2.73. The number of benzene rings is 1. The molecule has 1 N–H and O–H groups in total. The SMILES string of the molecule is CCn1c(=O)oc2cc(C(=O)N3CCCNCC3)ccc21. The van der Waals surface area contributed by atoms with E-state index in [0.717, 1.165) is 31.6 Å². The molecule has 0 radical (unpaired) electrons. The Morgan fingerprint density at radius 2 is 2.19 bits per heavy atom. The zero-order valence-electron chi connectivity index (χ0n) is 12.1. The molecule has 1 aliphatic heterocycles. The van der Waals surface area contributed by atoms with Gasteiger partial charge in [0.25, 0.3) is 5.91 Å². The number of aromatic nitrogens is 1. The van der Waals surface area contributed by atoms with Crippen molar-refractivity contribution in [1.29, 1.82) is 0 Å². The smallest absolute Gasteiger partial charge is 0.408 e. The van der Waals surface area contributed by atoms with Crippen LogP contribution in [0.1, 0.15) is 23.7 Å². The summed E-state index contributed by atoms with van der Waals surface area (Å²) in [6, 6.07) is 5.22. The number of aryl methyl sites for hydroxylation is 1. The minimum absolute atomic E-state index is 0.00695. The maximum absolute atomic E-state index is 12.5. The molecule has 0 unspecified atom stereocenters. The van der Waals surface area contributed by atoms with Crippen molar-refractivity contribution in [1.82, 2.24) is 14.8 Å². The summed E-state index contributed by atoms with van der Waals surface area (Å²) in [5, 5.41) is 3.27. The van der Waals surface area contributed by atoms with Crippen molar-refractivity contribution >= 4 is 17.0 Å². The monoisotopic (exact) mass is 289 g/mol. The van der Waals surface area contributed by atoms with Gasteiger partial charge in [0.05, 0.1) is 5.52 Å². The zero-order chi connectivity index (χ0) is 14.8. The lowest BCUT2D eigenvalue weighted by atomic mass is 10.1. The molecular weight excluding hydrogens is 270 g/mol. The Kier molecular flexibility index (Phi) is 3.79. The fraction of sp³-hybridized carbons (Fsp3) is 0.467. The number of hydrogen-bond donors (Lipinski definition) is 1. The summed E-state index contributed by atoms with van der Waals surface area (Å²) in [6.07, 6.45) is 0.954. The van der Waals surface area contributed by atoms with Crippen LogP contribution in [0.3, 0.4) is 0 Å². The van der Waals surface area contributed by atoms with Gasteiger partial charge in [-0.05, 0) is 38.1 Å². The molecule has 2 heterocycles. The van der Waals surface area contributed by atoms with Gasteiger partial charge in [-0.2, -0.15) is 0 Å². The van der Waals surface area contributed by atoms with Crippen LogP contribution in [-0.2, 0) is 6.54 Å². The summed E-state index contributed by atoms with van der Waals surface area (Å²) in [5.41, 5.74) is 1.78. The van der Waals surface area contributed by atoms with Gasteiger partial charge in [0.15, 0.2) is 5.58 Å². The molecule has 0 atom stereocenters. The first-order chi connectivity index (χ1) is 10.2. The van der Waals surface area contributed by atoms with Gasteiger partial charge in [-0.15, -0.1) is 0 Å². The fourth-order valence-electron chi connectivity index (χ4n) is 2.73. The average molecular weight is 289 g/mol. The van der Waals surface area contributed by atoms with Crippen molar-refractivity contribution < 1.29 is 9.21 Å². The van der Waals surface area contributed by atoms with Gasteiger partial charge in [-0.1, -0.05) is 0 Å². The molecule has 1 saturated heterocycles. The van der Waals surface area contributed by atoms with Crippen LogP contribution < -0.4 is 11.1 Å². The van der Waals surface area contributed by atoms with Crippen LogP contribution in [0, 0.1) is 0 Å². The van der Waals surface area contributed by atoms with Gasteiger partial charge >= 0.3 is 5.76 Å². The number of hydrogen-bond acceptors (Lipinski definition) is 4. The molecule has 0 spiro atoms. The van der Waals surface area contributed by atoms with E-state index in [-0.39, 0.29) is 11.7 Å². The highest BCUT2D eigenvalue weighted by Crippen LogP contribution is 2.17. The van der Waals surface area contributed by atoms with Crippen LogP contribution in [0.15, 0.2) is 27.4 Å². The normalized spacial score (nSPS) is 16.1. The first-order valence-corrected chi connectivity index (χ1v) is 7.34. The molecule has 1 fully saturated rings. The molecule has 21 heavy (non-hydrogen) atoms. The van der Waals surface area contributed by atoms with Crippen molar-refractivity contribution in [2.75, 3.05) is 26.2 Å². The summed E-state index contributed by atoms with van der Waals surface area (Å²) in [4.78, 5) is 26.1. The Bertz CT molecular complexity index is 709. The first-order valence-electron chi connectivity index (χ1n) is 7.34. The Morgan fingerprint density at radius 3 is 3.00 bits per heavy atom. The highest BCUT2D eigenvalue weighted by atomic mass is 16.4. The third-order valence-electron chi connectivity index (χ3n) is 3.86. The number of rotatable bonds is 2. The molecule has 2 aromatic rings. The van der Waals surface area contributed by atoms with Crippen LogP contribution in [0.4, 0.5) is 0 Å². The van der Waals surface area contributed by atoms with Crippen molar-refractivity contribution in [3.8, 4) is 0 Å². The number of oxazole rings is 1. The maximum atomic E-state index is 12.5. The van der Waals surface area contributed by atoms with E-state index in [1.165, 1.54) is 0 Å². The standard InChI is InChI=1S/C15H19N3O3/c1-2-18-12-5-4-11(10-13(12)21-15(18)20)14(19)17-8-3-6-16-7-9-17/h4-5,10,16H,2-3,6-9H2,1H3. The highest BCUT2D eigenvalue weighted by Gasteiger charge is 2.18. The van der Waals surface area contributed by atoms with E-state index in [1.54, 1.807) is 22.8 Å². The largest absolute Gasteiger partial charge is 0.419 e. The van der Waals surface area contributed by atoms with E-state index >= 15 is 0 Å². The second kappa shape index (κ2) is 5.73. The van der Waals surface area contributed by atoms with E-state index in [0.29, 0.717) is 24.2 Å². The molecule has 1 amide bonds. The Balaban J connectivity index is 1.93. The molecule has 1 aromatic heterocycles. The highest BCUT2D eigenvalue weighted by molar-refractivity contribution is 5.97. The van der Waals surface area contributed by atoms with Crippen LogP contribution in [-0.4, -0.2) is 41.6 Å². The van der Waals surface area contributed by atoms with E-state index in [4.69, 9.17) is 4.42 Å². The number of fused-ring (bicyclic) bond motifs is 1. The Hall–Kier alpha value is -2.08. The number of carbonyl (C=O) groups excluding carboxylic acids is 1. The lowest BCUT2D eigenvalue weighted by molar-refractivity contribution is 0.0766. The first kappa shape index (κ1) is 13.9. The number of nitrogens with one attached hydrogen (secondary N) is 1. The molecule has 6 nitrogen and oxygen atoms in total. The third-order valence-corrected chi connectivity index (χ3v) is 3.86. The predicted octanol–water partition coefficient (Wildman–Crippen LogP) is 1.05. The van der Waals surface area contributed by atoms with Gasteiger partial charge in [-0.3, -0.25) is 9.36 Å². The minimum Gasteiger partial charge on any atom is -0.408 e. The van der Waals surface area contributed by atoms with Gasteiger partial charge in [0.2, 0.25) is 0 Å². The summed E-state index contributed by atoms with van der Waals surface area (Å²) >= 11 is 0. The minimum atomic E-state index is -0.379. The van der Waals surface area contributed by atoms with Crippen molar-refractivity contribution in [3.05, 3.63) is 34.3 Å². The van der Waals surface area contributed by atoms with Gasteiger partial charge in [0, 0.05) is 31.7 Å². The van der Waals surface area contributed by atoms with Gasteiger partial charge < -0.3 is 14.6 Å². The maximum Gasteiger partial charge on any atom is 0.419 e. The van der Waals surface area contributed by atoms with Crippen molar-refractivity contribution in [2.45, 2.75) is 19.9 Å². The quantitative estimate of drug-likeness (QED) is 0.897. The van der Waals surface area contributed by atoms with Crippen molar-refractivity contribution in [2.24, 2.45) is 0 Å². The molecule has 0 saturated carbocycles. The van der Waals surface area contributed by atoms with Crippen LogP contribution >= 0.6 is 0 Å². The van der Waals surface area contributed by atoms with Crippen molar-refractivity contribution in [3.63, 3.8) is 0 Å². The molecular formula is C15H19N3O3. The third kappa shape index (κ3) is 2.58. The number of nitrogens with zero attached hydrogens (tertiary/aromatic N) is 2. The summed E-state index contributed by atoms with van der Waals surface area (Å²) in [6.45, 7) is 5.66. The lowest BCUT2D eigenvalue weighted by Gasteiger charge is -2.19. The number of amides is 1. The molecule has 1 aliphatic rings. The van der Waals surface area contributed by atoms with Crippen LogP contribution in [0.5, 0.6) is 0 Å². The van der Waals surface area contributed by atoms with Gasteiger partial charge in [-0.25, -0.2) is 4.79 Å². The Morgan fingerprint density at radius 1 is 1.33 bits per heavy atom.